The Morgan fingerprint density at radius 1 is 1.35 bits per heavy atom. The van der Waals surface area contributed by atoms with E-state index >= 15 is 0 Å². The van der Waals surface area contributed by atoms with Crippen LogP contribution in [-0.2, 0) is 4.79 Å². The van der Waals surface area contributed by atoms with E-state index in [1.54, 1.807) is 19.1 Å². The van der Waals surface area contributed by atoms with Gasteiger partial charge in [-0.2, -0.15) is 0 Å². The summed E-state index contributed by atoms with van der Waals surface area (Å²) in [4.78, 5) is 23.0. The molecule has 0 heterocycles. The lowest BCUT2D eigenvalue weighted by atomic mass is 10.0. The SMILES string of the molecule is Cc1c(O)cccc1C(=O)NC(C)(C)C(N)=O. The largest absolute Gasteiger partial charge is 0.508 e. The van der Waals surface area contributed by atoms with Crippen LogP contribution >= 0.6 is 0 Å². The van der Waals surface area contributed by atoms with Crippen molar-refractivity contribution in [3.05, 3.63) is 29.3 Å². The molecule has 0 spiro atoms. The molecule has 0 bridgehead atoms. The van der Waals surface area contributed by atoms with Gasteiger partial charge in [0.05, 0.1) is 0 Å². The second-order valence-corrected chi connectivity index (χ2v) is 4.39. The molecule has 5 nitrogen and oxygen atoms in total. The molecule has 0 fully saturated rings. The molecule has 0 saturated carbocycles. The summed E-state index contributed by atoms with van der Waals surface area (Å²) in [6.07, 6.45) is 0. The number of hydrogen-bond acceptors (Lipinski definition) is 3. The number of phenolic OH excluding ortho intramolecular Hbond substituents is 1. The molecule has 17 heavy (non-hydrogen) atoms. The first-order valence-corrected chi connectivity index (χ1v) is 5.16. The molecule has 0 aliphatic rings. The van der Waals surface area contributed by atoms with Crippen LogP contribution in [0.4, 0.5) is 0 Å². The number of benzene rings is 1. The fraction of sp³-hybridized carbons (Fsp3) is 0.333. The predicted octanol–water partition coefficient (Wildman–Crippen LogP) is 0.694. The average Bonchev–Trinajstić information content (AvgIpc) is 2.21. The summed E-state index contributed by atoms with van der Waals surface area (Å²) in [6.45, 7) is 4.66. The molecule has 92 valence electrons. The fourth-order valence-electron chi connectivity index (χ4n) is 1.28. The third-order valence-electron chi connectivity index (χ3n) is 2.59. The number of carbonyl (C=O) groups is 2. The number of amides is 2. The first-order chi connectivity index (χ1) is 7.75. The lowest BCUT2D eigenvalue weighted by Gasteiger charge is -2.22. The highest BCUT2D eigenvalue weighted by atomic mass is 16.3. The number of primary amides is 1. The first kappa shape index (κ1) is 13.0. The number of phenols is 1. The second-order valence-electron chi connectivity index (χ2n) is 4.39. The Labute approximate surface area is 99.6 Å². The van der Waals surface area contributed by atoms with E-state index in [4.69, 9.17) is 5.73 Å². The summed E-state index contributed by atoms with van der Waals surface area (Å²) in [5.41, 5.74) is 4.81. The minimum Gasteiger partial charge on any atom is -0.508 e. The maximum atomic E-state index is 11.9. The molecule has 2 amide bonds. The number of nitrogens with two attached hydrogens (primary N) is 1. The standard InChI is InChI=1S/C12H16N2O3/c1-7-8(5-4-6-9(7)15)10(16)14-12(2,3)11(13)17/h4-6,15H,1-3H3,(H2,13,17)(H,14,16). The van der Waals surface area contributed by atoms with Gasteiger partial charge in [-0.3, -0.25) is 9.59 Å². The van der Waals surface area contributed by atoms with Crippen molar-refractivity contribution < 1.29 is 14.7 Å². The molecule has 4 N–H and O–H groups in total. The Morgan fingerprint density at radius 3 is 2.47 bits per heavy atom. The van der Waals surface area contributed by atoms with Crippen molar-refractivity contribution in [2.75, 3.05) is 0 Å². The second kappa shape index (κ2) is 4.45. The average molecular weight is 236 g/mol. The molecule has 0 unspecified atom stereocenters. The minimum atomic E-state index is -1.13. The van der Waals surface area contributed by atoms with Gasteiger partial charge < -0.3 is 16.2 Å². The lowest BCUT2D eigenvalue weighted by Crippen LogP contribution is -2.53. The summed E-state index contributed by atoms with van der Waals surface area (Å²) < 4.78 is 0. The zero-order chi connectivity index (χ0) is 13.2. The molecule has 1 aromatic carbocycles. The van der Waals surface area contributed by atoms with E-state index in [-0.39, 0.29) is 5.75 Å². The molecule has 0 aliphatic heterocycles. The Hall–Kier alpha value is -2.04. The number of hydrogen-bond donors (Lipinski definition) is 3. The zero-order valence-electron chi connectivity index (χ0n) is 10.1. The molecule has 0 radical (unpaired) electrons. The van der Waals surface area contributed by atoms with Crippen molar-refractivity contribution in [2.45, 2.75) is 26.3 Å². The van der Waals surface area contributed by atoms with Crippen molar-refractivity contribution in [3.8, 4) is 5.75 Å². The van der Waals surface area contributed by atoms with Crippen molar-refractivity contribution in [2.24, 2.45) is 5.73 Å². The third kappa shape index (κ3) is 2.75. The van der Waals surface area contributed by atoms with Crippen LogP contribution in [0.5, 0.6) is 5.75 Å². The molecule has 1 rings (SSSR count). The Balaban J connectivity index is 2.99. The summed E-state index contributed by atoms with van der Waals surface area (Å²) in [5.74, 6) is -1.03. The van der Waals surface area contributed by atoms with E-state index in [1.165, 1.54) is 19.9 Å². The monoisotopic (exact) mass is 236 g/mol. The van der Waals surface area contributed by atoms with Crippen LogP contribution in [0.1, 0.15) is 29.8 Å². The van der Waals surface area contributed by atoms with Gasteiger partial charge in [0.2, 0.25) is 5.91 Å². The van der Waals surface area contributed by atoms with E-state index in [9.17, 15) is 14.7 Å². The molecule has 0 atom stereocenters. The zero-order valence-corrected chi connectivity index (χ0v) is 10.1. The topological polar surface area (TPSA) is 92.4 Å². The number of carbonyl (C=O) groups excluding carboxylic acids is 2. The summed E-state index contributed by atoms with van der Waals surface area (Å²) in [7, 11) is 0. The van der Waals surface area contributed by atoms with Crippen LogP contribution in [0.25, 0.3) is 0 Å². The number of nitrogens with one attached hydrogen (secondary N) is 1. The van der Waals surface area contributed by atoms with Crippen LogP contribution in [0, 0.1) is 6.92 Å². The third-order valence-corrected chi connectivity index (χ3v) is 2.59. The number of aromatic hydroxyl groups is 1. The van der Waals surface area contributed by atoms with Gasteiger partial charge in [0.1, 0.15) is 11.3 Å². The molecule has 5 heteroatoms. The van der Waals surface area contributed by atoms with Crippen LogP contribution in [0.2, 0.25) is 0 Å². The molecular formula is C12H16N2O3. The van der Waals surface area contributed by atoms with Gasteiger partial charge in [0, 0.05) is 11.1 Å². The van der Waals surface area contributed by atoms with E-state index < -0.39 is 17.4 Å². The van der Waals surface area contributed by atoms with Crippen molar-refractivity contribution in [3.63, 3.8) is 0 Å². The van der Waals surface area contributed by atoms with Gasteiger partial charge >= 0.3 is 0 Å². The van der Waals surface area contributed by atoms with Gasteiger partial charge in [-0.15, -0.1) is 0 Å². The fourth-order valence-corrected chi connectivity index (χ4v) is 1.28. The van der Waals surface area contributed by atoms with Crippen molar-refractivity contribution in [1.82, 2.24) is 5.32 Å². The maximum Gasteiger partial charge on any atom is 0.252 e. The highest BCUT2D eigenvalue weighted by Gasteiger charge is 2.27. The summed E-state index contributed by atoms with van der Waals surface area (Å²) >= 11 is 0. The van der Waals surface area contributed by atoms with Crippen LogP contribution in [0.3, 0.4) is 0 Å². The van der Waals surface area contributed by atoms with Gasteiger partial charge in [-0.05, 0) is 32.9 Å². The highest BCUT2D eigenvalue weighted by molar-refractivity contribution is 5.99. The molecule has 0 aliphatic carbocycles. The van der Waals surface area contributed by atoms with Crippen LogP contribution in [-0.4, -0.2) is 22.5 Å². The Kier molecular flexibility index (Phi) is 3.41. The van der Waals surface area contributed by atoms with Gasteiger partial charge in [0.15, 0.2) is 0 Å². The van der Waals surface area contributed by atoms with Crippen LogP contribution < -0.4 is 11.1 Å². The molecule has 0 saturated heterocycles. The molecule has 1 aromatic rings. The Morgan fingerprint density at radius 2 is 1.94 bits per heavy atom. The normalized spacial score (nSPS) is 11.0. The van der Waals surface area contributed by atoms with Crippen LogP contribution in [0.15, 0.2) is 18.2 Å². The number of rotatable bonds is 3. The maximum absolute atomic E-state index is 11.9. The molecule has 0 aromatic heterocycles. The first-order valence-electron chi connectivity index (χ1n) is 5.16. The predicted molar refractivity (Wildman–Crippen MR) is 63.6 cm³/mol. The van der Waals surface area contributed by atoms with E-state index in [1.807, 2.05) is 0 Å². The molecular weight excluding hydrogens is 220 g/mol. The summed E-state index contributed by atoms with van der Waals surface area (Å²) in [5, 5.41) is 12.0. The Bertz CT molecular complexity index is 467. The van der Waals surface area contributed by atoms with Gasteiger partial charge in [-0.1, -0.05) is 6.07 Å². The van der Waals surface area contributed by atoms with Crippen molar-refractivity contribution in [1.29, 1.82) is 0 Å². The van der Waals surface area contributed by atoms with Crippen molar-refractivity contribution >= 4 is 11.8 Å². The lowest BCUT2D eigenvalue weighted by molar-refractivity contribution is -0.122. The van der Waals surface area contributed by atoms with E-state index in [0.717, 1.165) is 0 Å². The quantitative estimate of drug-likeness (QED) is 0.721. The van der Waals surface area contributed by atoms with Gasteiger partial charge in [0.25, 0.3) is 5.91 Å². The smallest absolute Gasteiger partial charge is 0.252 e. The minimum absolute atomic E-state index is 0.0366. The highest BCUT2D eigenvalue weighted by Crippen LogP contribution is 2.19. The van der Waals surface area contributed by atoms with E-state index in [0.29, 0.717) is 11.1 Å². The van der Waals surface area contributed by atoms with Gasteiger partial charge in [-0.25, -0.2) is 0 Å². The van der Waals surface area contributed by atoms with E-state index in [2.05, 4.69) is 5.32 Å². The summed E-state index contributed by atoms with van der Waals surface area (Å²) in [6, 6.07) is 4.63.